The summed E-state index contributed by atoms with van der Waals surface area (Å²) in [5, 5.41) is 12.8. The summed E-state index contributed by atoms with van der Waals surface area (Å²) in [6.07, 6.45) is 4.48. The first-order valence-corrected chi connectivity index (χ1v) is 11.8. The van der Waals surface area contributed by atoms with Crippen LogP contribution in [0.25, 0.3) is 5.69 Å². The van der Waals surface area contributed by atoms with Crippen LogP contribution in [0.2, 0.25) is 0 Å². The number of hydrogen-bond donors (Lipinski definition) is 1. The Morgan fingerprint density at radius 3 is 2.87 bits per heavy atom. The molecule has 1 atom stereocenters. The van der Waals surface area contributed by atoms with Gasteiger partial charge in [-0.2, -0.15) is 0 Å². The van der Waals surface area contributed by atoms with Crippen molar-refractivity contribution in [3.63, 3.8) is 0 Å². The number of amides is 1. The second kappa shape index (κ2) is 9.18. The van der Waals surface area contributed by atoms with Crippen molar-refractivity contribution in [1.29, 1.82) is 0 Å². The predicted molar refractivity (Wildman–Crippen MR) is 120 cm³/mol. The van der Waals surface area contributed by atoms with Gasteiger partial charge in [-0.05, 0) is 56.4 Å². The van der Waals surface area contributed by atoms with Gasteiger partial charge in [0.05, 0.1) is 18.6 Å². The van der Waals surface area contributed by atoms with E-state index in [0.717, 1.165) is 41.7 Å². The Labute approximate surface area is 184 Å². The highest BCUT2D eigenvalue weighted by atomic mass is 32.2. The number of methoxy groups -OCH3 is 1. The minimum absolute atomic E-state index is 0.0833. The maximum absolute atomic E-state index is 12.5. The molecule has 0 radical (unpaired) electrons. The monoisotopic (exact) mass is 443 g/mol. The van der Waals surface area contributed by atoms with Gasteiger partial charge < -0.3 is 10.1 Å². The van der Waals surface area contributed by atoms with Crippen LogP contribution in [0.4, 0.5) is 5.13 Å². The van der Waals surface area contributed by atoms with Crippen LogP contribution in [0.3, 0.4) is 0 Å². The highest BCUT2D eigenvalue weighted by Crippen LogP contribution is 2.33. The molecule has 30 heavy (non-hydrogen) atoms. The van der Waals surface area contributed by atoms with E-state index in [1.54, 1.807) is 18.4 Å². The molecule has 0 spiro atoms. The van der Waals surface area contributed by atoms with Gasteiger partial charge in [0, 0.05) is 10.6 Å². The van der Waals surface area contributed by atoms with Gasteiger partial charge >= 0.3 is 0 Å². The zero-order valence-corrected chi connectivity index (χ0v) is 19.0. The minimum atomic E-state index is -0.0833. The van der Waals surface area contributed by atoms with E-state index >= 15 is 0 Å². The number of thiazole rings is 1. The number of carbonyl (C=O) groups is 1. The van der Waals surface area contributed by atoms with Crippen molar-refractivity contribution in [3.05, 3.63) is 40.7 Å². The Bertz CT molecular complexity index is 1030. The van der Waals surface area contributed by atoms with E-state index in [1.807, 2.05) is 35.8 Å². The fourth-order valence-electron chi connectivity index (χ4n) is 3.60. The van der Waals surface area contributed by atoms with Gasteiger partial charge in [-0.15, -0.1) is 21.5 Å². The molecule has 1 aliphatic rings. The predicted octanol–water partition coefficient (Wildman–Crippen LogP) is 4.29. The first-order valence-electron chi connectivity index (χ1n) is 10.0. The van der Waals surface area contributed by atoms with Crippen LogP contribution in [0.5, 0.6) is 5.75 Å². The second-order valence-corrected chi connectivity index (χ2v) is 9.33. The van der Waals surface area contributed by atoms with Crippen molar-refractivity contribution < 1.29 is 9.53 Å². The quantitative estimate of drug-likeness (QED) is 0.549. The van der Waals surface area contributed by atoms with Gasteiger partial charge in [0.15, 0.2) is 10.3 Å². The molecular weight excluding hydrogens is 418 g/mol. The van der Waals surface area contributed by atoms with Gasteiger partial charge in [0.25, 0.3) is 0 Å². The van der Waals surface area contributed by atoms with E-state index < -0.39 is 0 Å². The fraction of sp³-hybridized carbons (Fsp3) is 0.429. The average molecular weight is 444 g/mol. The number of anilines is 1. The van der Waals surface area contributed by atoms with Crippen LogP contribution < -0.4 is 10.1 Å². The number of ether oxygens (including phenoxy) is 1. The Kier molecular flexibility index (Phi) is 6.38. The van der Waals surface area contributed by atoms with E-state index in [0.29, 0.717) is 10.3 Å². The zero-order valence-electron chi connectivity index (χ0n) is 17.3. The molecule has 4 rings (SSSR count). The lowest BCUT2D eigenvalue weighted by Gasteiger charge is -2.18. The summed E-state index contributed by atoms with van der Waals surface area (Å²) in [7, 11) is 1.64. The van der Waals surface area contributed by atoms with Crippen LogP contribution in [-0.2, 0) is 17.6 Å². The average Bonchev–Trinajstić information content (AvgIpc) is 3.34. The zero-order chi connectivity index (χ0) is 21.1. The Balaban J connectivity index is 1.40. The molecule has 0 fully saturated rings. The number of thioether (sulfide) groups is 1. The molecule has 0 saturated carbocycles. The third-order valence-electron chi connectivity index (χ3n) is 5.32. The summed E-state index contributed by atoms with van der Waals surface area (Å²) < 4.78 is 7.16. The third kappa shape index (κ3) is 4.52. The SMILES string of the molecule is CCC1CCc2nc(NC(=O)CSc3nnc(C)n3-c3ccc(OC)cc3)sc2C1. The van der Waals surface area contributed by atoms with Crippen molar-refractivity contribution in [3.8, 4) is 11.4 Å². The molecule has 0 bridgehead atoms. The van der Waals surface area contributed by atoms with Crippen molar-refractivity contribution in [2.75, 3.05) is 18.2 Å². The molecule has 1 amide bonds. The van der Waals surface area contributed by atoms with Gasteiger partial charge in [0.2, 0.25) is 5.91 Å². The molecular formula is C21H25N5O2S2. The standard InChI is InChI=1S/C21H25N5O2S2/c1-4-14-5-10-17-18(11-14)30-20(22-17)23-19(27)12-29-21-25-24-13(2)26(21)15-6-8-16(28-3)9-7-15/h6-9,14H,4-5,10-12H2,1-3H3,(H,22,23,27). The van der Waals surface area contributed by atoms with Crippen LogP contribution in [-0.4, -0.2) is 38.5 Å². The lowest BCUT2D eigenvalue weighted by Crippen LogP contribution is -2.14. The number of aromatic nitrogens is 4. The van der Waals surface area contributed by atoms with Gasteiger partial charge in [0.1, 0.15) is 11.6 Å². The number of hydrogen-bond acceptors (Lipinski definition) is 7. The van der Waals surface area contributed by atoms with Crippen LogP contribution in [0, 0.1) is 12.8 Å². The second-order valence-electron chi connectivity index (χ2n) is 7.31. The van der Waals surface area contributed by atoms with E-state index in [1.165, 1.54) is 29.5 Å². The van der Waals surface area contributed by atoms with Crippen molar-refractivity contribution >= 4 is 34.1 Å². The molecule has 1 aromatic carbocycles. The lowest BCUT2D eigenvalue weighted by atomic mass is 9.89. The Hall–Kier alpha value is -2.39. The maximum Gasteiger partial charge on any atom is 0.236 e. The molecule has 1 aliphatic carbocycles. The molecule has 0 aliphatic heterocycles. The summed E-state index contributed by atoms with van der Waals surface area (Å²) in [6, 6.07) is 7.68. The Morgan fingerprint density at radius 2 is 2.13 bits per heavy atom. The summed E-state index contributed by atoms with van der Waals surface area (Å²) in [5.74, 6) is 2.45. The molecule has 2 aromatic heterocycles. The third-order valence-corrected chi connectivity index (χ3v) is 7.29. The Morgan fingerprint density at radius 1 is 1.33 bits per heavy atom. The molecule has 7 nitrogen and oxygen atoms in total. The number of nitrogens with zero attached hydrogens (tertiary/aromatic N) is 4. The summed E-state index contributed by atoms with van der Waals surface area (Å²) >= 11 is 2.98. The number of carbonyl (C=O) groups excluding carboxylic acids is 1. The largest absolute Gasteiger partial charge is 0.497 e. The number of nitrogens with one attached hydrogen (secondary N) is 1. The van der Waals surface area contributed by atoms with Crippen LogP contribution in [0.1, 0.15) is 36.2 Å². The van der Waals surface area contributed by atoms with Crippen LogP contribution >= 0.6 is 23.1 Å². The van der Waals surface area contributed by atoms with Crippen molar-refractivity contribution in [2.45, 2.75) is 44.7 Å². The lowest BCUT2D eigenvalue weighted by molar-refractivity contribution is -0.113. The number of aryl methyl sites for hydroxylation is 2. The highest BCUT2D eigenvalue weighted by Gasteiger charge is 2.22. The van der Waals surface area contributed by atoms with Gasteiger partial charge in [-0.1, -0.05) is 25.1 Å². The normalized spacial score (nSPS) is 15.6. The first-order chi connectivity index (χ1) is 14.6. The summed E-state index contributed by atoms with van der Waals surface area (Å²) in [6.45, 7) is 4.13. The van der Waals surface area contributed by atoms with Crippen LogP contribution in [0.15, 0.2) is 29.4 Å². The number of fused-ring (bicyclic) bond motifs is 1. The number of benzene rings is 1. The van der Waals surface area contributed by atoms with Crippen molar-refractivity contribution in [1.82, 2.24) is 19.7 Å². The topological polar surface area (TPSA) is 81.9 Å². The first kappa shape index (κ1) is 20.9. The fourth-order valence-corrected chi connectivity index (χ4v) is 5.53. The molecule has 1 N–H and O–H groups in total. The minimum Gasteiger partial charge on any atom is -0.497 e. The van der Waals surface area contributed by atoms with E-state index in [-0.39, 0.29) is 11.7 Å². The highest BCUT2D eigenvalue weighted by molar-refractivity contribution is 7.99. The van der Waals surface area contributed by atoms with Crippen molar-refractivity contribution in [2.24, 2.45) is 5.92 Å². The van der Waals surface area contributed by atoms with E-state index in [2.05, 4.69) is 27.4 Å². The molecule has 9 heteroatoms. The van der Waals surface area contributed by atoms with E-state index in [4.69, 9.17) is 4.74 Å². The summed E-state index contributed by atoms with van der Waals surface area (Å²) in [5.41, 5.74) is 2.09. The molecule has 1 unspecified atom stereocenters. The van der Waals surface area contributed by atoms with E-state index in [9.17, 15) is 4.79 Å². The molecule has 0 saturated heterocycles. The summed E-state index contributed by atoms with van der Waals surface area (Å²) in [4.78, 5) is 18.5. The maximum atomic E-state index is 12.5. The molecule has 3 aromatic rings. The van der Waals surface area contributed by atoms with Gasteiger partial charge in [-0.25, -0.2) is 4.98 Å². The smallest absolute Gasteiger partial charge is 0.236 e. The molecule has 2 heterocycles. The number of rotatable bonds is 7. The molecule has 158 valence electrons. The van der Waals surface area contributed by atoms with Gasteiger partial charge in [-0.3, -0.25) is 9.36 Å².